The minimum absolute atomic E-state index is 0.00805. The number of hydrogen-bond acceptors (Lipinski definition) is 8. The molecule has 1 aliphatic heterocycles. The molecular weight excluding hydrogens is 448 g/mol. The number of nitrogens with zero attached hydrogens (tertiary/aromatic N) is 4. The fourth-order valence-electron chi connectivity index (χ4n) is 7.23. The average Bonchev–Trinajstić information content (AvgIpc) is 3.50. The molecule has 3 unspecified atom stereocenters. The molecule has 4 saturated carbocycles. The number of fused-ring (bicyclic) bond motifs is 1. The molecule has 35 heavy (non-hydrogen) atoms. The fourth-order valence-corrected chi connectivity index (χ4v) is 7.23. The molecule has 182 valence electrons. The lowest BCUT2D eigenvalue weighted by molar-refractivity contribution is -0.129. The maximum absolute atomic E-state index is 12.9. The molecule has 1 amide bonds. The van der Waals surface area contributed by atoms with Crippen molar-refractivity contribution in [3.05, 3.63) is 24.3 Å². The van der Waals surface area contributed by atoms with Gasteiger partial charge in [0.1, 0.15) is 11.4 Å². The molecule has 5 aliphatic rings. The number of ketones is 1. The highest BCUT2D eigenvalue weighted by Gasteiger charge is 2.54. The standard InChI is InChI=1S/C25H28N6O4/c32-16-2-5-31(6-3-16)24(33)22-29-23(35-30-22)18-12-27-21-17(1-4-26-21)20(18)28-19-14-7-13-8-15(19)11-25(34,9-13)10-14/h1,4,12-15,19,34H,2-3,5-11H2,(H2,26,27,28)/t13?,14-,15+,19?,25?. The number of aromatic amines is 1. The number of amides is 1. The van der Waals surface area contributed by atoms with Crippen molar-refractivity contribution >= 4 is 28.4 Å². The number of carbonyl (C=O) groups is 2. The number of rotatable bonds is 4. The number of pyridine rings is 1. The van der Waals surface area contributed by atoms with Crippen molar-refractivity contribution in [3.63, 3.8) is 0 Å². The van der Waals surface area contributed by atoms with E-state index in [0.717, 1.165) is 48.8 Å². The van der Waals surface area contributed by atoms with Gasteiger partial charge in [-0.1, -0.05) is 5.16 Å². The van der Waals surface area contributed by atoms with Crippen LogP contribution in [-0.4, -0.2) is 66.5 Å². The number of likely N-dealkylation sites (tertiary alicyclic amines) is 1. The summed E-state index contributed by atoms with van der Waals surface area (Å²) in [7, 11) is 0. The predicted molar refractivity (Wildman–Crippen MR) is 125 cm³/mol. The van der Waals surface area contributed by atoms with E-state index >= 15 is 0 Å². The summed E-state index contributed by atoms with van der Waals surface area (Å²) in [4.78, 5) is 38.2. The summed E-state index contributed by atoms with van der Waals surface area (Å²) >= 11 is 0. The van der Waals surface area contributed by atoms with Crippen molar-refractivity contribution < 1.29 is 19.2 Å². The maximum Gasteiger partial charge on any atom is 0.295 e. The Morgan fingerprint density at radius 1 is 1.20 bits per heavy atom. The van der Waals surface area contributed by atoms with Gasteiger partial charge in [-0.05, 0) is 55.9 Å². The molecule has 0 aromatic carbocycles. The summed E-state index contributed by atoms with van der Waals surface area (Å²) in [5.41, 5.74) is 1.78. The van der Waals surface area contributed by atoms with E-state index in [4.69, 9.17) is 4.52 Å². The highest BCUT2D eigenvalue weighted by atomic mass is 16.5. The summed E-state index contributed by atoms with van der Waals surface area (Å²) in [6, 6.07) is 2.23. The molecule has 10 nitrogen and oxygen atoms in total. The third-order valence-electron chi connectivity index (χ3n) is 8.59. The van der Waals surface area contributed by atoms with Gasteiger partial charge >= 0.3 is 0 Å². The zero-order chi connectivity index (χ0) is 23.7. The molecule has 4 heterocycles. The van der Waals surface area contributed by atoms with E-state index in [2.05, 4.69) is 25.4 Å². The van der Waals surface area contributed by atoms with Gasteiger partial charge in [0.15, 0.2) is 0 Å². The number of nitrogens with one attached hydrogen (secondary N) is 2. The Hall–Kier alpha value is -3.27. The average molecular weight is 477 g/mol. The van der Waals surface area contributed by atoms with Gasteiger partial charge < -0.3 is 24.8 Å². The smallest absolute Gasteiger partial charge is 0.295 e. The van der Waals surface area contributed by atoms with Crippen LogP contribution in [0.15, 0.2) is 23.0 Å². The highest BCUT2D eigenvalue weighted by molar-refractivity contribution is 5.98. The molecule has 0 spiro atoms. The van der Waals surface area contributed by atoms with Crippen molar-refractivity contribution in [3.8, 4) is 11.5 Å². The quantitative estimate of drug-likeness (QED) is 0.523. The Bertz CT molecular complexity index is 1300. The zero-order valence-corrected chi connectivity index (χ0v) is 19.4. The van der Waals surface area contributed by atoms with Gasteiger partial charge in [0.05, 0.1) is 16.9 Å². The van der Waals surface area contributed by atoms with Crippen LogP contribution in [0.3, 0.4) is 0 Å². The maximum atomic E-state index is 12.9. The SMILES string of the molecule is O=C1CCN(C(=O)c2noc(-c3cnc4[nH]ccc4c3NC3[C@@H]4CC5C[C@H]3CC(O)(C5)C4)n2)CC1. The molecule has 0 radical (unpaired) electrons. The molecule has 3 aromatic heterocycles. The number of aromatic nitrogens is 4. The lowest BCUT2D eigenvalue weighted by atomic mass is 9.52. The summed E-state index contributed by atoms with van der Waals surface area (Å²) in [6.45, 7) is 0.756. The second-order valence-electron chi connectivity index (χ2n) is 10.9. The van der Waals surface area contributed by atoms with Crippen LogP contribution in [0.2, 0.25) is 0 Å². The lowest BCUT2D eigenvalue weighted by Gasteiger charge is -2.58. The summed E-state index contributed by atoms with van der Waals surface area (Å²) in [5, 5.41) is 19.7. The van der Waals surface area contributed by atoms with Gasteiger partial charge in [-0.25, -0.2) is 4.98 Å². The number of aliphatic hydroxyl groups is 1. The van der Waals surface area contributed by atoms with E-state index in [-0.39, 0.29) is 29.4 Å². The summed E-state index contributed by atoms with van der Waals surface area (Å²) < 4.78 is 5.57. The molecule has 3 aromatic rings. The van der Waals surface area contributed by atoms with E-state index in [0.29, 0.717) is 49.2 Å². The largest absolute Gasteiger partial charge is 0.390 e. The summed E-state index contributed by atoms with van der Waals surface area (Å²) in [5.74, 6) is 1.53. The number of H-pyrrole nitrogens is 1. The van der Waals surface area contributed by atoms with Crippen molar-refractivity contribution in [2.45, 2.75) is 56.6 Å². The van der Waals surface area contributed by atoms with E-state index < -0.39 is 5.60 Å². The normalized spacial score (nSPS) is 31.9. The fraction of sp³-hybridized carbons (Fsp3) is 0.560. The molecule has 10 heteroatoms. The zero-order valence-electron chi connectivity index (χ0n) is 19.4. The van der Waals surface area contributed by atoms with E-state index in [9.17, 15) is 14.7 Å². The van der Waals surface area contributed by atoms with Crippen molar-refractivity contribution in [2.75, 3.05) is 18.4 Å². The number of anilines is 1. The third kappa shape index (κ3) is 3.45. The number of carbonyl (C=O) groups excluding carboxylic acids is 2. The Kier molecular flexibility index (Phi) is 4.58. The van der Waals surface area contributed by atoms with Gasteiger partial charge in [-0.15, -0.1) is 0 Å². The predicted octanol–water partition coefficient (Wildman–Crippen LogP) is 2.77. The van der Waals surface area contributed by atoms with Crippen LogP contribution in [0.5, 0.6) is 0 Å². The van der Waals surface area contributed by atoms with Crippen LogP contribution in [0, 0.1) is 17.8 Å². The van der Waals surface area contributed by atoms with E-state index in [1.54, 1.807) is 11.1 Å². The third-order valence-corrected chi connectivity index (χ3v) is 8.59. The number of hydrogen-bond donors (Lipinski definition) is 3. The first-order chi connectivity index (χ1) is 17.0. The Morgan fingerprint density at radius 3 is 2.71 bits per heavy atom. The monoisotopic (exact) mass is 476 g/mol. The van der Waals surface area contributed by atoms with Crippen LogP contribution in [0.4, 0.5) is 5.69 Å². The summed E-state index contributed by atoms with van der Waals surface area (Å²) in [6.07, 6.45) is 9.18. The molecule has 1 saturated heterocycles. The van der Waals surface area contributed by atoms with Gasteiger partial charge in [0.25, 0.3) is 17.6 Å². The first-order valence-electron chi connectivity index (χ1n) is 12.6. The number of Topliss-reactive ketones (excluding diaryl/α,β-unsaturated/α-hetero) is 1. The minimum atomic E-state index is -0.500. The molecule has 4 bridgehead atoms. The van der Waals surface area contributed by atoms with Crippen LogP contribution in [-0.2, 0) is 4.79 Å². The van der Waals surface area contributed by atoms with Crippen molar-refractivity contribution in [2.24, 2.45) is 17.8 Å². The van der Waals surface area contributed by atoms with Gasteiger partial charge in [-0.3, -0.25) is 9.59 Å². The first kappa shape index (κ1) is 21.0. The van der Waals surface area contributed by atoms with Crippen LogP contribution >= 0.6 is 0 Å². The molecular formula is C25H28N6O4. The van der Waals surface area contributed by atoms with Crippen LogP contribution in [0.1, 0.15) is 55.6 Å². The molecule has 5 atom stereocenters. The topological polar surface area (TPSA) is 137 Å². The lowest BCUT2D eigenvalue weighted by Crippen LogP contribution is -2.59. The van der Waals surface area contributed by atoms with Crippen molar-refractivity contribution in [1.82, 2.24) is 25.0 Å². The molecule has 3 N–H and O–H groups in total. The molecule has 8 rings (SSSR count). The first-order valence-corrected chi connectivity index (χ1v) is 12.6. The Balaban J connectivity index is 1.21. The number of piperidine rings is 1. The van der Waals surface area contributed by atoms with Crippen molar-refractivity contribution in [1.29, 1.82) is 0 Å². The highest BCUT2D eigenvalue weighted by Crippen LogP contribution is 2.56. The minimum Gasteiger partial charge on any atom is -0.390 e. The second-order valence-corrected chi connectivity index (χ2v) is 10.9. The van der Waals surface area contributed by atoms with Gasteiger partial charge in [0, 0.05) is 49.8 Å². The molecule has 5 fully saturated rings. The molecule has 4 aliphatic carbocycles. The Labute approximate surface area is 201 Å². The second kappa shape index (κ2) is 7.61. The Morgan fingerprint density at radius 2 is 1.97 bits per heavy atom. The van der Waals surface area contributed by atoms with Crippen LogP contribution < -0.4 is 5.32 Å². The van der Waals surface area contributed by atoms with E-state index in [1.807, 2.05) is 12.3 Å². The van der Waals surface area contributed by atoms with E-state index in [1.165, 1.54) is 0 Å². The van der Waals surface area contributed by atoms with Crippen LogP contribution in [0.25, 0.3) is 22.5 Å². The van der Waals surface area contributed by atoms with Gasteiger partial charge in [0.2, 0.25) is 0 Å². The van der Waals surface area contributed by atoms with Gasteiger partial charge in [-0.2, -0.15) is 4.98 Å².